The fourth-order valence-electron chi connectivity index (χ4n) is 4.66. The summed E-state index contributed by atoms with van der Waals surface area (Å²) in [5.41, 5.74) is 2.40. The van der Waals surface area contributed by atoms with Crippen LogP contribution in [0.3, 0.4) is 0 Å². The molecular weight excluding hydrogens is 421 g/mol. The van der Waals surface area contributed by atoms with Gasteiger partial charge in [-0.05, 0) is 73.2 Å². The zero-order valence-corrected chi connectivity index (χ0v) is 19.3. The summed E-state index contributed by atoms with van der Waals surface area (Å²) in [4.78, 5) is 26.9. The van der Waals surface area contributed by atoms with E-state index in [-0.39, 0.29) is 35.5 Å². The van der Waals surface area contributed by atoms with Crippen molar-refractivity contribution in [3.05, 3.63) is 59.4 Å². The van der Waals surface area contributed by atoms with Gasteiger partial charge in [-0.3, -0.25) is 9.59 Å². The van der Waals surface area contributed by atoms with Gasteiger partial charge in [-0.15, -0.1) is 0 Å². The van der Waals surface area contributed by atoms with Crippen LogP contribution in [0.15, 0.2) is 42.5 Å². The van der Waals surface area contributed by atoms with Crippen LogP contribution >= 0.6 is 0 Å². The highest BCUT2D eigenvalue weighted by atomic mass is 19.1. The normalized spacial score (nSPS) is 18.8. The first-order valence-corrected chi connectivity index (χ1v) is 11.8. The highest BCUT2D eigenvalue weighted by Crippen LogP contribution is 2.39. The van der Waals surface area contributed by atoms with Crippen molar-refractivity contribution in [1.29, 1.82) is 0 Å². The maximum absolute atomic E-state index is 13.0. The van der Waals surface area contributed by atoms with Crippen molar-refractivity contribution in [1.82, 2.24) is 10.2 Å². The van der Waals surface area contributed by atoms with E-state index in [1.54, 1.807) is 0 Å². The number of fused-ring (bicyclic) bond motifs is 1. The van der Waals surface area contributed by atoms with Gasteiger partial charge in [0.1, 0.15) is 11.6 Å². The molecule has 0 radical (unpaired) electrons. The number of ether oxygens (including phenoxy) is 1. The average Bonchev–Trinajstić information content (AvgIpc) is 3.13. The molecule has 2 heterocycles. The van der Waals surface area contributed by atoms with E-state index in [0.29, 0.717) is 12.2 Å². The number of amides is 2. The Balaban J connectivity index is 1.17. The van der Waals surface area contributed by atoms with Crippen LogP contribution in [0, 0.1) is 11.7 Å². The molecule has 2 N–H and O–H groups in total. The summed E-state index contributed by atoms with van der Waals surface area (Å²) >= 11 is 0. The highest BCUT2D eigenvalue weighted by molar-refractivity contribution is 6.03. The summed E-state index contributed by atoms with van der Waals surface area (Å²) in [5, 5.41) is 6.01. The van der Waals surface area contributed by atoms with Crippen molar-refractivity contribution >= 4 is 17.5 Å². The van der Waals surface area contributed by atoms with Crippen molar-refractivity contribution < 1.29 is 18.7 Å². The third kappa shape index (κ3) is 5.71. The van der Waals surface area contributed by atoms with Crippen molar-refractivity contribution in [2.75, 3.05) is 31.6 Å². The Kier molecular flexibility index (Phi) is 7.28. The minimum absolute atomic E-state index is 0.0643. The number of likely N-dealkylation sites (tertiary alicyclic amines) is 1. The first kappa shape index (κ1) is 23.2. The molecule has 1 atom stereocenters. The molecular formula is C26H32FN3O3. The number of carbonyl (C=O) groups excluding carboxylic acids is 2. The van der Waals surface area contributed by atoms with E-state index in [1.165, 1.54) is 24.3 Å². The smallest absolute Gasteiger partial charge is 0.251 e. The summed E-state index contributed by atoms with van der Waals surface area (Å²) in [5.74, 6) is 0.505. The second kappa shape index (κ2) is 10.3. The number of anilines is 1. The van der Waals surface area contributed by atoms with E-state index in [2.05, 4.69) is 29.4 Å². The zero-order chi connectivity index (χ0) is 23.4. The topological polar surface area (TPSA) is 70.7 Å². The van der Waals surface area contributed by atoms with E-state index in [4.69, 9.17) is 4.74 Å². The number of carbonyl (C=O) groups is 2. The van der Waals surface area contributed by atoms with Gasteiger partial charge >= 0.3 is 0 Å². The first-order chi connectivity index (χ1) is 15.9. The molecule has 33 heavy (non-hydrogen) atoms. The van der Waals surface area contributed by atoms with E-state index >= 15 is 0 Å². The Hall–Kier alpha value is -2.93. The van der Waals surface area contributed by atoms with Gasteiger partial charge in [0, 0.05) is 36.9 Å². The summed E-state index contributed by atoms with van der Waals surface area (Å²) in [6, 6.07) is 11.6. The summed E-state index contributed by atoms with van der Waals surface area (Å²) < 4.78 is 19.0. The van der Waals surface area contributed by atoms with Gasteiger partial charge in [-0.1, -0.05) is 13.8 Å². The molecule has 0 bridgehead atoms. The van der Waals surface area contributed by atoms with Gasteiger partial charge in [-0.25, -0.2) is 4.39 Å². The molecule has 0 saturated carbocycles. The maximum Gasteiger partial charge on any atom is 0.251 e. The molecule has 1 unspecified atom stereocenters. The number of nitrogens with one attached hydrogen (secondary N) is 2. The number of hydrogen-bond donors (Lipinski definition) is 2. The quantitative estimate of drug-likeness (QED) is 0.589. The van der Waals surface area contributed by atoms with Crippen molar-refractivity contribution in [2.45, 2.75) is 45.1 Å². The average molecular weight is 454 g/mol. The monoisotopic (exact) mass is 453 g/mol. The van der Waals surface area contributed by atoms with Crippen LogP contribution in [-0.4, -0.2) is 49.0 Å². The lowest BCUT2D eigenvalue weighted by atomic mass is 9.90. The second-order valence-electron chi connectivity index (χ2n) is 9.26. The van der Waals surface area contributed by atoms with Crippen LogP contribution in [0.2, 0.25) is 0 Å². The third-order valence-electron chi connectivity index (χ3n) is 6.48. The second-order valence-corrected chi connectivity index (χ2v) is 9.26. The molecule has 2 aromatic carbocycles. The van der Waals surface area contributed by atoms with Crippen LogP contribution in [0.25, 0.3) is 0 Å². The van der Waals surface area contributed by atoms with Gasteiger partial charge in [0.05, 0.1) is 12.5 Å². The lowest BCUT2D eigenvalue weighted by Gasteiger charge is -2.32. The van der Waals surface area contributed by atoms with Crippen LogP contribution < -0.4 is 15.4 Å². The Morgan fingerprint density at radius 2 is 1.91 bits per heavy atom. The van der Waals surface area contributed by atoms with Gasteiger partial charge in [0.25, 0.3) is 5.91 Å². The Bertz CT molecular complexity index is 985. The lowest BCUT2D eigenvalue weighted by Crippen LogP contribution is -2.45. The van der Waals surface area contributed by atoms with Crippen LogP contribution in [0.4, 0.5) is 10.1 Å². The molecule has 176 valence electrons. The molecule has 6 nitrogen and oxygen atoms in total. The van der Waals surface area contributed by atoms with Gasteiger partial charge in [-0.2, -0.15) is 0 Å². The Morgan fingerprint density at radius 1 is 1.18 bits per heavy atom. The predicted octanol–water partition coefficient (Wildman–Crippen LogP) is 4.18. The fraction of sp³-hybridized carbons (Fsp3) is 0.462. The molecule has 1 fully saturated rings. The highest BCUT2D eigenvalue weighted by Gasteiger charge is 2.33. The largest absolute Gasteiger partial charge is 0.494 e. The summed E-state index contributed by atoms with van der Waals surface area (Å²) in [6.07, 6.45) is 2.71. The third-order valence-corrected chi connectivity index (χ3v) is 6.48. The van der Waals surface area contributed by atoms with Crippen LogP contribution in [-0.2, 0) is 4.79 Å². The predicted molar refractivity (Wildman–Crippen MR) is 126 cm³/mol. The molecule has 0 aliphatic carbocycles. The van der Waals surface area contributed by atoms with Crippen molar-refractivity contribution in [3.63, 3.8) is 0 Å². The molecule has 2 aliphatic heterocycles. The molecule has 1 saturated heterocycles. The van der Waals surface area contributed by atoms with E-state index in [0.717, 1.165) is 55.9 Å². The standard InChI is InChI=1S/C26H32FN3O3/c1-17(2)24-22-16-21(8-9-23(22)29-26(24)32)33-15-3-12-30-13-10-20(11-14-30)28-25(31)18-4-6-19(27)7-5-18/h4-9,16-17,20,24H,3,10-15H2,1-2H3,(H,28,31)(H,29,32). The molecule has 0 aromatic heterocycles. The van der Waals surface area contributed by atoms with Gasteiger partial charge in [0.2, 0.25) is 5.91 Å². The number of rotatable bonds is 8. The molecule has 2 amide bonds. The van der Waals surface area contributed by atoms with Crippen molar-refractivity contribution in [3.8, 4) is 5.75 Å². The molecule has 2 aromatic rings. The van der Waals surface area contributed by atoms with Gasteiger partial charge < -0.3 is 20.3 Å². The lowest BCUT2D eigenvalue weighted by molar-refractivity contribution is -0.117. The first-order valence-electron chi connectivity index (χ1n) is 11.8. The summed E-state index contributed by atoms with van der Waals surface area (Å²) in [7, 11) is 0. The number of piperidine rings is 1. The van der Waals surface area contributed by atoms with E-state index in [1.807, 2.05) is 18.2 Å². The minimum atomic E-state index is -0.341. The molecule has 7 heteroatoms. The fourth-order valence-corrected chi connectivity index (χ4v) is 4.66. The number of benzene rings is 2. The van der Waals surface area contributed by atoms with E-state index < -0.39 is 0 Å². The van der Waals surface area contributed by atoms with Gasteiger partial charge in [0.15, 0.2) is 0 Å². The maximum atomic E-state index is 13.0. The number of hydrogen-bond acceptors (Lipinski definition) is 4. The SMILES string of the molecule is CC(C)C1C(=O)Nc2ccc(OCCCN3CCC(NC(=O)c4ccc(F)cc4)CC3)cc21. The molecule has 4 rings (SSSR count). The summed E-state index contributed by atoms with van der Waals surface area (Å²) in [6.45, 7) is 7.54. The Morgan fingerprint density at radius 3 is 2.61 bits per heavy atom. The number of nitrogens with zero attached hydrogens (tertiary/aromatic N) is 1. The van der Waals surface area contributed by atoms with Crippen LogP contribution in [0.1, 0.15) is 54.9 Å². The van der Waals surface area contributed by atoms with Crippen molar-refractivity contribution in [2.24, 2.45) is 5.92 Å². The molecule has 0 spiro atoms. The molecule has 2 aliphatic rings. The van der Waals surface area contributed by atoms with E-state index in [9.17, 15) is 14.0 Å². The zero-order valence-electron chi connectivity index (χ0n) is 19.3. The minimum Gasteiger partial charge on any atom is -0.494 e. The number of halogens is 1. The Labute approximate surface area is 194 Å². The van der Waals surface area contributed by atoms with Crippen LogP contribution in [0.5, 0.6) is 5.75 Å².